The van der Waals surface area contributed by atoms with Crippen LogP contribution in [-0.2, 0) is 0 Å². The number of aliphatic hydroxyl groups is 1. The summed E-state index contributed by atoms with van der Waals surface area (Å²) in [5.41, 5.74) is 0. The molecule has 1 aromatic heterocycles. The third-order valence-corrected chi connectivity index (χ3v) is 3.09. The molecular formula is C9H13BrClN3O. The smallest absolute Gasteiger partial charge is 0.148 e. The van der Waals surface area contributed by atoms with Crippen LogP contribution in [0.2, 0.25) is 5.15 Å². The molecule has 0 saturated carbocycles. The molecule has 0 bridgehead atoms. The van der Waals surface area contributed by atoms with Crippen LogP contribution in [0.15, 0.2) is 10.8 Å². The third kappa shape index (κ3) is 3.93. The number of anilines is 1. The molecule has 4 nitrogen and oxygen atoms in total. The zero-order valence-electron chi connectivity index (χ0n) is 8.54. The fourth-order valence-corrected chi connectivity index (χ4v) is 1.71. The summed E-state index contributed by atoms with van der Waals surface area (Å²) in [4.78, 5) is 7.88. The minimum atomic E-state index is -0.344. The molecule has 2 atom stereocenters. The zero-order valence-corrected chi connectivity index (χ0v) is 10.9. The van der Waals surface area contributed by atoms with Crippen LogP contribution < -0.4 is 5.32 Å². The van der Waals surface area contributed by atoms with E-state index in [1.165, 1.54) is 6.33 Å². The second-order valence-corrected chi connectivity index (χ2v) is 4.61. The van der Waals surface area contributed by atoms with E-state index in [0.717, 1.165) is 0 Å². The quantitative estimate of drug-likeness (QED) is 0.838. The van der Waals surface area contributed by atoms with E-state index < -0.39 is 0 Å². The lowest BCUT2D eigenvalue weighted by Crippen LogP contribution is -2.21. The van der Waals surface area contributed by atoms with Crippen molar-refractivity contribution in [1.82, 2.24) is 9.97 Å². The molecule has 0 saturated heterocycles. The predicted octanol–water partition coefficient (Wildman–Crippen LogP) is 2.46. The van der Waals surface area contributed by atoms with Crippen molar-refractivity contribution in [1.29, 1.82) is 0 Å². The van der Waals surface area contributed by atoms with Crippen molar-refractivity contribution in [2.75, 3.05) is 5.32 Å². The van der Waals surface area contributed by atoms with Crippen LogP contribution in [0.25, 0.3) is 0 Å². The first kappa shape index (κ1) is 12.7. The van der Waals surface area contributed by atoms with Gasteiger partial charge in [-0.25, -0.2) is 9.97 Å². The Labute approximate surface area is 102 Å². The monoisotopic (exact) mass is 293 g/mol. The van der Waals surface area contributed by atoms with Gasteiger partial charge in [-0.3, -0.25) is 0 Å². The molecule has 6 heteroatoms. The summed E-state index contributed by atoms with van der Waals surface area (Å²) in [5.74, 6) is 0.642. The van der Waals surface area contributed by atoms with E-state index >= 15 is 0 Å². The molecular weight excluding hydrogens is 281 g/mol. The summed E-state index contributed by atoms with van der Waals surface area (Å²) in [6, 6.07) is 0.118. The van der Waals surface area contributed by atoms with Crippen LogP contribution in [0, 0.1) is 0 Å². The predicted molar refractivity (Wildman–Crippen MR) is 64.1 cm³/mol. The van der Waals surface area contributed by atoms with Crippen molar-refractivity contribution in [3.05, 3.63) is 16.0 Å². The van der Waals surface area contributed by atoms with Gasteiger partial charge in [0.1, 0.15) is 17.3 Å². The highest BCUT2D eigenvalue weighted by atomic mass is 79.9. The van der Waals surface area contributed by atoms with E-state index in [1.807, 2.05) is 6.92 Å². The van der Waals surface area contributed by atoms with Gasteiger partial charge in [0.15, 0.2) is 0 Å². The molecule has 1 rings (SSSR count). The van der Waals surface area contributed by atoms with Crippen LogP contribution >= 0.6 is 27.5 Å². The Hall–Kier alpha value is -0.390. The number of nitrogens with zero attached hydrogens (tertiary/aromatic N) is 2. The minimum absolute atomic E-state index is 0.118. The topological polar surface area (TPSA) is 58.0 Å². The Morgan fingerprint density at radius 2 is 2.20 bits per heavy atom. The van der Waals surface area contributed by atoms with Crippen molar-refractivity contribution in [2.24, 2.45) is 0 Å². The lowest BCUT2D eigenvalue weighted by Gasteiger charge is -2.16. The Balaban J connectivity index is 2.68. The van der Waals surface area contributed by atoms with E-state index in [-0.39, 0.29) is 12.1 Å². The Kier molecular flexibility index (Phi) is 4.76. The van der Waals surface area contributed by atoms with Crippen molar-refractivity contribution in [3.8, 4) is 0 Å². The average Bonchev–Trinajstić information content (AvgIpc) is 2.11. The highest BCUT2D eigenvalue weighted by molar-refractivity contribution is 9.10. The summed E-state index contributed by atoms with van der Waals surface area (Å²) in [6.45, 7) is 3.72. The van der Waals surface area contributed by atoms with Gasteiger partial charge < -0.3 is 10.4 Å². The minimum Gasteiger partial charge on any atom is -0.393 e. The van der Waals surface area contributed by atoms with Crippen LogP contribution in [0.3, 0.4) is 0 Å². The molecule has 0 aliphatic heterocycles. The van der Waals surface area contributed by atoms with Gasteiger partial charge in [-0.05, 0) is 36.2 Å². The molecule has 0 spiro atoms. The van der Waals surface area contributed by atoms with Gasteiger partial charge >= 0.3 is 0 Å². The number of nitrogens with one attached hydrogen (secondary N) is 1. The summed E-state index contributed by atoms with van der Waals surface area (Å²) in [7, 11) is 0. The summed E-state index contributed by atoms with van der Waals surface area (Å²) in [6.07, 6.45) is 1.70. The van der Waals surface area contributed by atoms with Crippen molar-refractivity contribution in [3.63, 3.8) is 0 Å². The van der Waals surface area contributed by atoms with Gasteiger partial charge in [0.2, 0.25) is 0 Å². The summed E-state index contributed by atoms with van der Waals surface area (Å²) >= 11 is 9.11. The number of hydrogen-bond donors (Lipinski definition) is 2. The fourth-order valence-electron chi connectivity index (χ4n) is 1.25. The lowest BCUT2D eigenvalue weighted by molar-refractivity contribution is 0.179. The maximum absolute atomic E-state index is 9.21. The standard InChI is InChI=1S/C9H13BrClN3O/c1-5(3-6(2)15)14-9-7(10)8(11)12-4-13-9/h4-6,15H,3H2,1-2H3,(H,12,13,14). The zero-order chi connectivity index (χ0) is 11.4. The molecule has 84 valence electrons. The van der Waals surface area contributed by atoms with Gasteiger partial charge in [0.05, 0.1) is 10.6 Å². The SMILES string of the molecule is CC(O)CC(C)Nc1ncnc(Cl)c1Br. The average molecular weight is 295 g/mol. The molecule has 2 N–H and O–H groups in total. The Morgan fingerprint density at radius 1 is 1.53 bits per heavy atom. The third-order valence-electron chi connectivity index (χ3n) is 1.82. The van der Waals surface area contributed by atoms with Gasteiger partial charge in [-0.15, -0.1) is 0 Å². The van der Waals surface area contributed by atoms with Crippen LogP contribution in [0.4, 0.5) is 5.82 Å². The van der Waals surface area contributed by atoms with Crippen molar-refractivity contribution >= 4 is 33.3 Å². The summed E-state index contributed by atoms with van der Waals surface area (Å²) in [5, 5.41) is 12.7. The molecule has 0 aromatic carbocycles. The summed E-state index contributed by atoms with van der Waals surface area (Å²) < 4.78 is 0.643. The normalized spacial score (nSPS) is 14.7. The first-order valence-corrected chi connectivity index (χ1v) is 5.78. The molecule has 0 aliphatic rings. The largest absolute Gasteiger partial charge is 0.393 e. The van der Waals surface area contributed by atoms with Gasteiger partial charge in [0.25, 0.3) is 0 Å². The van der Waals surface area contributed by atoms with Crippen LogP contribution in [0.1, 0.15) is 20.3 Å². The van der Waals surface area contributed by atoms with E-state index in [1.54, 1.807) is 6.92 Å². The van der Waals surface area contributed by atoms with E-state index in [4.69, 9.17) is 11.6 Å². The Morgan fingerprint density at radius 3 is 2.80 bits per heavy atom. The molecule has 15 heavy (non-hydrogen) atoms. The van der Waals surface area contributed by atoms with Crippen molar-refractivity contribution < 1.29 is 5.11 Å². The molecule has 0 aliphatic carbocycles. The number of hydrogen-bond acceptors (Lipinski definition) is 4. The van der Waals surface area contributed by atoms with Crippen LogP contribution in [-0.4, -0.2) is 27.2 Å². The molecule has 0 fully saturated rings. The molecule has 0 amide bonds. The molecule has 1 aromatic rings. The van der Waals surface area contributed by atoms with Gasteiger partial charge in [-0.2, -0.15) is 0 Å². The van der Waals surface area contributed by atoms with Crippen molar-refractivity contribution in [2.45, 2.75) is 32.4 Å². The first-order chi connectivity index (χ1) is 7.00. The highest BCUT2D eigenvalue weighted by Gasteiger charge is 2.11. The molecule has 0 radical (unpaired) electrons. The second-order valence-electron chi connectivity index (χ2n) is 3.46. The van der Waals surface area contributed by atoms with E-state index in [2.05, 4.69) is 31.2 Å². The van der Waals surface area contributed by atoms with Gasteiger partial charge in [-0.1, -0.05) is 11.6 Å². The second kappa shape index (κ2) is 5.63. The van der Waals surface area contributed by atoms with Crippen LogP contribution in [0.5, 0.6) is 0 Å². The number of halogens is 2. The molecule has 2 unspecified atom stereocenters. The lowest BCUT2D eigenvalue weighted by atomic mass is 10.1. The van der Waals surface area contributed by atoms with E-state index in [9.17, 15) is 5.11 Å². The first-order valence-electron chi connectivity index (χ1n) is 4.61. The highest BCUT2D eigenvalue weighted by Crippen LogP contribution is 2.26. The number of aromatic nitrogens is 2. The van der Waals surface area contributed by atoms with E-state index in [0.29, 0.717) is 21.9 Å². The maximum Gasteiger partial charge on any atom is 0.148 e. The van der Waals surface area contributed by atoms with Gasteiger partial charge in [0, 0.05) is 6.04 Å². The maximum atomic E-state index is 9.21. The number of aliphatic hydroxyl groups excluding tert-OH is 1. The Bertz CT molecular complexity index is 335. The number of rotatable bonds is 4. The fraction of sp³-hybridized carbons (Fsp3) is 0.556. The molecule has 1 heterocycles.